The summed E-state index contributed by atoms with van der Waals surface area (Å²) in [6.45, 7) is 2.99. The lowest BCUT2D eigenvalue weighted by Crippen LogP contribution is -2.48. The highest BCUT2D eigenvalue weighted by Gasteiger charge is 2.43. The number of carboxylic acid groups (broad SMARTS) is 1. The monoisotopic (exact) mass is 423 g/mol. The molecule has 3 heterocycles. The summed E-state index contributed by atoms with van der Waals surface area (Å²) in [5.41, 5.74) is 1.07. The second-order valence-electron chi connectivity index (χ2n) is 8.37. The van der Waals surface area contributed by atoms with E-state index in [0.717, 1.165) is 37.1 Å². The van der Waals surface area contributed by atoms with Crippen molar-refractivity contribution >= 4 is 21.8 Å². The number of nitrogens with zero attached hydrogens (tertiary/aromatic N) is 3. The Hall–Kier alpha value is -2.00. The molecule has 1 amide bonds. The lowest BCUT2D eigenvalue weighted by Gasteiger charge is -2.37. The smallest absolute Gasteiger partial charge is 0.407 e. The van der Waals surface area contributed by atoms with Crippen LogP contribution in [0.4, 0.5) is 10.5 Å². The fourth-order valence-corrected chi connectivity index (χ4v) is 5.81. The van der Waals surface area contributed by atoms with Gasteiger partial charge in [0.05, 0.1) is 12.9 Å². The van der Waals surface area contributed by atoms with Crippen LogP contribution < -0.4 is 9.64 Å². The van der Waals surface area contributed by atoms with Gasteiger partial charge in [0.25, 0.3) is 0 Å². The molecule has 0 spiro atoms. The third kappa shape index (κ3) is 4.45. The first kappa shape index (κ1) is 20.3. The molecule has 2 bridgehead atoms. The van der Waals surface area contributed by atoms with Gasteiger partial charge in [-0.3, -0.25) is 0 Å². The van der Waals surface area contributed by atoms with Crippen LogP contribution in [0.5, 0.6) is 5.75 Å². The summed E-state index contributed by atoms with van der Waals surface area (Å²) in [6.07, 6.45) is 4.16. The average Bonchev–Trinajstić information content (AvgIpc) is 2.97. The summed E-state index contributed by atoms with van der Waals surface area (Å²) < 4.78 is 30.8. The summed E-state index contributed by atoms with van der Waals surface area (Å²) in [4.78, 5) is 15.2. The molecule has 3 fully saturated rings. The van der Waals surface area contributed by atoms with Crippen LogP contribution in [0.2, 0.25) is 0 Å². The predicted molar refractivity (Wildman–Crippen MR) is 110 cm³/mol. The fourth-order valence-electron chi connectivity index (χ4n) is 4.98. The molecule has 1 aromatic carbocycles. The first-order chi connectivity index (χ1) is 13.8. The number of sulfonamides is 1. The van der Waals surface area contributed by atoms with E-state index in [4.69, 9.17) is 4.74 Å². The summed E-state index contributed by atoms with van der Waals surface area (Å²) in [7, 11) is -3.12. The highest BCUT2D eigenvalue weighted by atomic mass is 32.2. The Balaban J connectivity index is 1.27. The molecular weight excluding hydrogens is 394 g/mol. The molecule has 0 aliphatic carbocycles. The summed E-state index contributed by atoms with van der Waals surface area (Å²) >= 11 is 0. The SMILES string of the molecule is CS(=O)(=O)N1CCN(c2ccc(OC[C@H]3C[C@H]4CC[C@@H](C3)N4C(=O)O)cc2)CC1. The van der Waals surface area contributed by atoms with E-state index in [1.54, 1.807) is 4.90 Å². The van der Waals surface area contributed by atoms with E-state index in [-0.39, 0.29) is 12.1 Å². The van der Waals surface area contributed by atoms with Gasteiger partial charge in [-0.25, -0.2) is 13.2 Å². The Bertz CT molecular complexity index is 822. The molecule has 3 atom stereocenters. The van der Waals surface area contributed by atoms with Gasteiger partial charge in [0.15, 0.2) is 0 Å². The number of anilines is 1. The van der Waals surface area contributed by atoms with E-state index in [2.05, 4.69) is 4.90 Å². The Labute approximate surface area is 172 Å². The lowest BCUT2D eigenvalue weighted by atomic mass is 9.92. The van der Waals surface area contributed by atoms with Gasteiger partial charge >= 0.3 is 6.09 Å². The fraction of sp³-hybridized carbons (Fsp3) is 0.650. The molecule has 3 aliphatic heterocycles. The minimum absolute atomic E-state index is 0.146. The molecule has 3 saturated heterocycles. The molecule has 9 heteroatoms. The Kier molecular flexibility index (Phi) is 5.61. The first-order valence-corrected chi connectivity index (χ1v) is 12.1. The van der Waals surface area contributed by atoms with Crippen LogP contribution in [0.25, 0.3) is 0 Å². The summed E-state index contributed by atoms with van der Waals surface area (Å²) in [5, 5.41) is 9.36. The number of hydrogen-bond donors (Lipinski definition) is 1. The number of benzene rings is 1. The number of carbonyl (C=O) groups is 1. The molecule has 29 heavy (non-hydrogen) atoms. The van der Waals surface area contributed by atoms with Gasteiger partial charge in [-0.15, -0.1) is 0 Å². The maximum atomic E-state index is 11.6. The van der Waals surface area contributed by atoms with E-state index in [1.165, 1.54) is 10.6 Å². The maximum absolute atomic E-state index is 11.6. The van der Waals surface area contributed by atoms with Gasteiger partial charge in [0.1, 0.15) is 5.75 Å². The number of amides is 1. The third-order valence-electron chi connectivity index (χ3n) is 6.45. The molecule has 1 aromatic rings. The maximum Gasteiger partial charge on any atom is 0.407 e. The van der Waals surface area contributed by atoms with Crippen molar-refractivity contribution in [3.8, 4) is 5.75 Å². The van der Waals surface area contributed by atoms with Gasteiger partial charge in [-0.05, 0) is 55.9 Å². The molecular formula is C20H29N3O5S. The molecule has 0 radical (unpaired) electrons. The van der Waals surface area contributed by atoms with Gasteiger partial charge in [0, 0.05) is 44.0 Å². The van der Waals surface area contributed by atoms with Gasteiger partial charge in [-0.2, -0.15) is 4.31 Å². The van der Waals surface area contributed by atoms with Crippen molar-refractivity contribution < 1.29 is 23.1 Å². The van der Waals surface area contributed by atoms with Crippen molar-refractivity contribution in [2.45, 2.75) is 37.8 Å². The number of fused-ring (bicyclic) bond motifs is 2. The van der Waals surface area contributed by atoms with Crippen LogP contribution in [-0.4, -0.2) is 79.9 Å². The van der Waals surface area contributed by atoms with Crippen LogP contribution in [0.1, 0.15) is 25.7 Å². The zero-order valence-corrected chi connectivity index (χ0v) is 17.6. The van der Waals surface area contributed by atoms with Gasteiger partial charge in [-0.1, -0.05) is 0 Å². The highest BCUT2D eigenvalue weighted by Crippen LogP contribution is 2.38. The van der Waals surface area contributed by atoms with E-state index >= 15 is 0 Å². The minimum Gasteiger partial charge on any atom is -0.493 e. The minimum atomic E-state index is -3.12. The van der Waals surface area contributed by atoms with Crippen molar-refractivity contribution in [3.63, 3.8) is 0 Å². The van der Waals surface area contributed by atoms with Gasteiger partial charge in [0.2, 0.25) is 10.0 Å². The molecule has 0 aromatic heterocycles. The van der Waals surface area contributed by atoms with Gasteiger partial charge < -0.3 is 19.6 Å². The topological polar surface area (TPSA) is 90.4 Å². The molecule has 3 aliphatic rings. The summed E-state index contributed by atoms with van der Waals surface area (Å²) in [5.74, 6) is 1.21. The molecule has 0 saturated carbocycles. The summed E-state index contributed by atoms with van der Waals surface area (Å²) in [6, 6.07) is 8.24. The number of piperazine rings is 1. The zero-order chi connectivity index (χ0) is 20.6. The molecule has 0 unspecified atom stereocenters. The van der Waals surface area contributed by atoms with Crippen LogP contribution in [0, 0.1) is 5.92 Å². The van der Waals surface area contributed by atoms with Crippen LogP contribution >= 0.6 is 0 Å². The number of piperidine rings is 1. The van der Waals surface area contributed by atoms with Crippen LogP contribution in [0.3, 0.4) is 0 Å². The second kappa shape index (κ2) is 8.02. The lowest BCUT2D eigenvalue weighted by molar-refractivity contribution is 0.0713. The van der Waals surface area contributed by atoms with Crippen molar-refractivity contribution in [1.29, 1.82) is 0 Å². The van der Waals surface area contributed by atoms with Crippen molar-refractivity contribution in [3.05, 3.63) is 24.3 Å². The third-order valence-corrected chi connectivity index (χ3v) is 7.75. The van der Waals surface area contributed by atoms with E-state index in [0.29, 0.717) is 38.7 Å². The molecule has 8 nitrogen and oxygen atoms in total. The Morgan fingerprint density at radius 3 is 2.17 bits per heavy atom. The van der Waals surface area contributed by atoms with Crippen molar-refractivity contribution in [2.75, 3.05) is 43.9 Å². The standard InChI is InChI=1S/C20H29N3O5S/c1-29(26,27)22-10-8-21(9-11-22)16-4-6-19(7-5-16)28-14-15-12-17-2-3-18(13-15)23(17)20(24)25/h4-7,15,17-18H,2-3,8-14H2,1H3,(H,24,25)/t15-,17+,18-. The number of ether oxygens (including phenoxy) is 1. The Morgan fingerprint density at radius 1 is 1.07 bits per heavy atom. The number of rotatable bonds is 5. The average molecular weight is 424 g/mol. The second-order valence-corrected chi connectivity index (χ2v) is 10.3. The normalized spacial score (nSPS) is 27.8. The van der Waals surface area contributed by atoms with E-state index in [9.17, 15) is 18.3 Å². The molecule has 160 valence electrons. The predicted octanol–water partition coefficient (Wildman–Crippen LogP) is 2.07. The zero-order valence-electron chi connectivity index (χ0n) is 16.7. The number of hydrogen-bond acceptors (Lipinski definition) is 5. The largest absolute Gasteiger partial charge is 0.493 e. The molecule has 4 rings (SSSR count). The Morgan fingerprint density at radius 2 is 1.66 bits per heavy atom. The van der Waals surface area contributed by atoms with Crippen LogP contribution in [0.15, 0.2) is 24.3 Å². The van der Waals surface area contributed by atoms with Crippen LogP contribution in [-0.2, 0) is 10.0 Å². The van der Waals surface area contributed by atoms with Crippen molar-refractivity contribution in [1.82, 2.24) is 9.21 Å². The van der Waals surface area contributed by atoms with Crippen molar-refractivity contribution in [2.24, 2.45) is 5.92 Å². The van der Waals surface area contributed by atoms with E-state index < -0.39 is 16.1 Å². The van der Waals surface area contributed by atoms with E-state index in [1.807, 2.05) is 24.3 Å². The molecule has 1 N–H and O–H groups in total. The quantitative estimate of drug-likeness (QED) is 0.780. The highest BCUT2D eigenvalue weighted by molar-refractivity contribution is 7.88. The first-order valence-electron chi connectivity index (χ1n) is 10.3.